The monoisotopic (exact) mass is 516 g/mol. The summed E-state index contributed by atoms with van der Waals surface area (Å²) in [6, 6.07) is 5.62. The number of fused-ring (bicyclic) bond motifs is 1. The highest BCUT2D eigenvalue weighted by molar-refractivity contribution is 5.82. The van der Waals surface area contributed by atoms with Crippen molar-refractivity contribution in [1.29, 1.82) is 0 Å². The summed E-state index contributed by atoms with van der Waals surface area (Å²) in [7, 11) is 1.60. The normalized spacial score (nSPS) is 17.8. The van der Waals surface area contributed by atoms with Crippen LogP contribution in [-0.4, -0.2) is 61.6 Å². The molecule has 1 aliphatic heterocycles. The fraction of sp³-hybridized carbons (Fsp3) is 0.407. The van der Waals surface area contributed by atoms with Crippen LogP contribution >= 0.6 is 0 Å². The van der Waals surface area contributed by atoms with Crippen molar-refractivity contribution in [3.63, 3.8) is 0 Å². The summed E-state index contributed by atoms with van der Waals surface area (Å²) in [6.07, 6.45) is 7.92. The van der Waals surface area contributed by atoms with Crippen LogP contribution in [0.25, 0.3) is 28.1 Å². The van der Waals surface area contributed by atoms with Gasteiger partial charge >= 0.3 is 6.09 Å². The second-order valence-electron chi connectivity index (χ2n) is 10.4. The van der Waals surface area contributed by atoms with Crippen LogP contribution in [0, 0.1) is 6.92 Å². The lowest BCUT2D eigenvalue weighted by atomic mass is 9.85. The largest absolute Gasteiger partial charge is 0.495 e. The van der Waals surface area contributed by atoms with E-state index in [4.69, 9.17) is 14.5 Å². The van der Waals surface area contributed by atoms with Gasteiger partial charge in [-0.3, -0.25) is 9.97 Å². The minimum absolute atomic E-state index is 0.485. The van der Waals surface area contributed by atoms with Crippen molar-refractivity contribution in [1.82, 2.24) is 40.3 Å². The van der Waals surface area contributed by atoms with Crippen molar-refractivity contribution in [2.45, 2.75) is 51.7 Å². The Morgan fingerprint density at radius 3 is 2.68 bits per heavy atom. The zero-order valence-corrected chi connectivity index (χ0v) is 22.3. The van der Waals surface area contributed by atoms with Crippen LogP contribution in [0.3, 0.4) is 0 Å². The number of hydrogen-bond acceptors (Lipinski definition) is 9. The van der Waals surface area contributed by atoms with E-state index < -0.39 is 17.2 Å². The lowest BCUT2D eigenvalue weighted by molar-refractivity contribution is 0.0425. The lowest BCUT2D eigenvalue weighted by Crippen LogP contribution is -2.56. The molecule has 1 amide bonds. The zero-order chi connectivity index (χ0) is 26.9. The number of rotatable bonds is 5. The maximum absolute atomic E-state index is 12.9. The minimum atomic E-state index is -0.825. The highest BCUT2D eigenvalue weighted by Crippen LogP contribution is 2.35. The zero-order valence-electron chi connectivity index (χ0n) is 22.3. The van der Waals surface area contributed by atoms with E-state index in [1.54, 1.807) is 36.6 Å². The number of hydrogen-bond donors (Lipinski definition) is 2. The third-order valence-electron chi connectivity index (χ3n) is 6.33. The molecule has 0 radical (unpaired) electrons. The summed E-state index contributed by atoms with van der Waals surface area (Å²) >= 11 is 0. The topological polar surface area (TPSA) is 129 Å². The van der Waals surface area contributed by atoms with Crippen molar-refractivity contribution in [2.75, 3.05) is 20.2 Å². The Hall–Kier alpha value is -4.12. The summed E-state index contributed by atoms with van der Waals surface area (Å²) in [6.45, 7) is 8.74. The van der Waals surface area contributed by atoms with Gasteiger partial charge in [0.05, 0.1) is 36.4 Å². The van der Waals surface area contributed by atoms with E-state index in [1.807, 2.05) is 45.9 Å². The molecular weight excluding hydrogens is 484 g/mol. The maximum atomic E-state index is 12.9. The number of pyridine rings is 2. The van der Waals surface area contributed by atoms with Crippen LogP contribution in [-0.2, 0) is 10.3 Å². The van der Waals surface area contributed by atoms with Crippen LogP contribution in [0.5, 0.6) is 5.75 Å². The van der Waals surface area contributed by atoms with Crippen molar-refractivity contribution < 1.29 is 14.3 Å². The molecule has 0 saturated carbocycles. The number of aromatic nitrogens is 6. The molecule has 0 unspecified atom stereocenters. The van der Waals surface area contributed by atoms with E-state index >= 15 is 0 Å². The quantitative estimate of drug-likeness (QED) is 0.408. The van der Waals surface area contributed by atoms with Gasteiger partial charge in [0.25, 0.3) is 0 Å². The Labute approximate surface area is 221 Å². The van der Waals surface area contributed by atoms with Gasteiger partial charge in [0.1, 0.15) is 28.3 Å². The SMILES string of the molecule is COc1ccc(-n2ncc3cnc(-c4cncc(C)n4)cc32)nc1[C@]1(NC(=O)OC(C)(C)C)CCCNC1. The molecule has 1 fully saturated rings. The molecule has 4 aromatic heterocycles. The van der Waals surface area contributed by atoms with Crippen LogP contribution in [0.4, 0.5) is 4.79 Å². The molecular formula is C27H32N8O3. The van der Waals surface area contributed by atoms with Crippen LogP contribution in [0.15, 0.2) is 43.0 Å². The third kappa shape index (κ3) is 5.14. The number of aryl methyl sites for hydroxylation is 1. The molecule has 4 aromatic rings. The molecule has 5 rings (SSSR count). The molecule has 5 heterocycles. The summed E-state index contributed by atoms with van der Waals surface area (Å²) in [4.78, 5) is 31.3. The number of amides is 1. The first-order valence-electron chi connectivity index (χ1n) is 12.6. The number of piperidine rings is 1. The molecule has 0 aliphatic carbocycles. The van der Waals surface area contributed by atoms with Gasteiger partial charge in [0, 0.05) is 24.3 Å². The van der Waals surface area contributed by atoms with Crippen molar-refractivity contribution in [3.05, 3.63) is 54.4 Å². The third-order valence-corrected chi connectivity index (χ3v) is 6.33. The molecule has 0 bridgehead atoms. The lowest BCUT2D eigenvalue weighted by Gasteiger charge is -2.39. The molecule has 0 aromatic carbocycles. The van der Waals surface area contributed by atoms with E-state index in [1.165, 1.54) is 0 Å². The number of methoxy groups -OCH3 is 1. The average Bonchev–Trinajstić information content (AvgIpc) is 3.31. The minimum Gasteiger partial charge on any atom is -0.495 e. The molecule has 1 saturated heterocycles. The van der Waals surface area contributed by atoms with Crippen molar-refractivity contribution in [3.8, 4) is 23.0 Å². The second kappa shape index (κ2) is 9.97. The van der Waals surface area contributed by atoms with Gasteiger partial charge < -0.3 is 20.1 Å². The molecule has 0 spiro atoms. The van der Waals surface area contributed by atoms with E-state index in [0.29, 0.717) is 41.6 Å². The molecule has 11 nitrogen and oxygen atoms in total. The summed E-state index contributed by atoms with van der Waals surface area (Å²) in [5, 5.41) is 12.0. The predicted molar refractivity (Wildman–Crippen MR) is 142 cm³/mol. The highest BCUT2D eigenvalue weighted by atomic mass is 16.6. The fourth-order valence-electron chi connectivity index (χ4n) is 4.66. The van der Waals surface area contributed by atoms with E-state index in [0.717, 1.165) is 29.6 Å². The molecule has 38 heavy (non-hydrogen) atoms. The van der Waals surface area contributed by atoms with Gasteiger partial charge in [-0.15, -0.1) is 0 Å². The molecule has 1 atom stereocenters. The van der Waals surface area contributed by atoms with Gasteiger partial charge in [-0.2, -0.15) is 5.10 Å². The Bertz CT molecular complexity index is 1470. The summed E-state index contributed by atoms with van der Waals surface area (Å²) in [5.41, 5.74) is 2.14. The van der Waals surface area contributed by atoms with E-state index in [2.05, 4.69) is 30.7 Å². The van der Waals surface area contributed by atoms with Gasteiger partial charge in [0.2, 0.25) is 0 Å². The summed E-state index contributed by atoms with van der Waals surface area (Å²) < 4.78 is 13.1. The number of nitrogens with zero attached hydrogens (tertiary/aromatic N) is 6. The molecule has 1 aliphatic rings. The summed E-state index contributed by atoms with van der Waals surface area (Å²) in [5.74, 6) is 1.15. The van der Waals surface area contributed by atoms with Crippen LogP contribution in [0.1, 0.15) is 45.0 Å². The highest BCUT2D eigenvalue weighted by Gasteiger charge is 2.41. The Balaban J connectivity index is 1.59. The smallest absolute Gasteiger partial charge is 0.408 e. The van der Waals surface area contributed by atoms with Gasteiger partial charge in [-0.25, -0.2) is 19.4 Å². The Morgan fingerprint density at radius 2 is 1.97 bits per heavy atom. The first kappa shape index (κ1) is 25.5. The standard InChI is InChI=1S/C27H32N8O3/c1-17-12-29-15-20(32-17)19-11-21-18(13-30-19)14-31-35(21)23-8-7-22(37-5)24(33-23)27(9-6-10-28-16-27)34-25(36)38-26(2,3)4/h7-8,11-15,28H,6,9-10,16H2,1-5H3,(H,34,36)/t27-/m0/s1. The number of carbonyl (C=O) groups is 1. The Kier molecular flexibility index (Phi) is 6.70. The molecule has 198 valence electrons. The van der Waals surface area contributed by atoms with Gasteiger partial charge in [-0.05, 0) is 65.3 Å². The number of nitrogens with one attached hydrogen (secondary N) is 2. The first-order chi connectivity index (χ1) is 18.2. The second-order valence-corrected chi connectivity index (χ2v) is 10.4. The van der Waals surface area contributed by atoms with Crippen molar-refractivity contribution in [2.24, 2.45) is 0 Å². The van der Waals surface area contributed by atoms with Crippen LogP contribution < -0.4 is 15.4 Å². The van der Waals surface area contributed by atoms with Crippen molar-refractivity contribution >= 4 is 17.0 Å². The fourth-order valence-corrected chi connectivity index (χ4v) is 4.66. The maximum Gasteiger partial charge on any atom is 0.408 e. The number of carbonyl (C=O) groups excluding carboxylic acids is 1. The van der Waals surface area contributed by atoms with E-state index in [9.17, 15) is 4.79 Å². The predicted octanol–water partition coefficient (Wildman–Crippen LogP) is 3.69. The first-order valence-corrected chi connectivity index (χ1v) is 12.6. The number of ether oxygens (including phenoxy) is 2. The van der Waals surface area contributed by atoms with E-state index in [-0.39, 0.29) is 0 Å². The molecule has 2 N–H and O–H groups in total. The van der Waals surface area contributed by atoms with Gasteiger partial charge in [-0.1, -0.05) is 0 Å². The molecule has 11 heteroatoms. The average molecular weight is 517 g/mol. The van der Waals surface area contributed by atoms with Gasteiger partial charge in [0.15, 0.2) is 5.82 Å². The Morgan fingerprint density at radius 1 is 1.13 bits per heavy atom. The van der Waals surface area contributed by atoms with Crippen LogP contribution in [0.2, 0.25) is 0 Å². The number of alkyl carbamates (subject to hydrolysis) is 1.